The van der Waals surface area contributed by atoms with Crippen LogP contribution in [0.15, 0.2) is 77.6 Å². The number of hydrogen-bond acceptors (Lipinski definition) is 8. The van der Waals surface area contributed by atoms with Gasteiger partial charge in [0.1, 0.15) is 29.8 Å². The number of rotatable bonds is 9. The van der Waals surface area contributed by atoms with Crippen molar-refractivity contribution in [2.24, 2.45) is 4.99 Å². The van der Waals surface area contributed by atoms with Crippen LogP contribution in [-0.2, 0) is 12.8 Å². The first-order chi connectivity index (χ1) is 21.8. The second-order valence-electron chi connectivity index (χ2n) is 11.3. The van der Waals surface area contributed by atoms with Crippen LogP contribution in [0.5, 0.6) is 11.5 Å². The van der Waals surface area contributed by atoms with Crippen molar-refractivity contribution in [2.45, 2.75) is 26.7 Å². The first-order valence-corrected chi connectivity index (χ1v) is 15.6. The highest BCUT2D eigenvalue weighted by molar-refractivity contribution is 6.09. The Balaban J connectivity index is 1.51. The van der Waals surface area contributed by atoms with Gasteiger partial charge in [0.15, 0.2) is 0 Å². The Bertz CT molecular complexity index is 1520. The van der Waals surface area contributed by atoms with E-state index in [4.69, 9.17) is 14.5 Å². The number of urea groups is 1. The normalized spacial score (nSPS) is 15.2. The fourth-order valence-electron chi connectivity index (χ4n) is 5.68. The molecule has 238 valence electrons. The van der Waals surface area contributed by atoms with Gasteiger partial charge in [0, 0.05) is 56.7 Å². The van der Waals surface area contributed by atoms with Crippen LogP contribution in [0.25, 0.3) is 0 Å². The fraction of sp³-hybridized carbons (Fsp3) is 0.371. The van der Waals surface area contributed by atoms with E-state index in [9.17, 15) is 4.79 Å². The molecule has 2 aliphatic rings. The minimum atomic E-state index is -0.237. The predicted octanol–water partition coefficient (Wildman–Crippen LogP) is 5.87. The molecule has 3 aromatic rings. The van der Waals surface area contributed by atoms with E-state index in [1.54, 1.807) is 19.1 Å². The van der Waals surface area contributed by atoms with Crippen molar-refractivity contribution in [3.63, 3.8) is 0 Å². The zero-order chi connectivity index (χ0) is 31.9. The number of anilines is 4. The van der Waals surface area contributed by atoms with Crippen LogP contribution in [0.2, 0.25) is 0 Å². The van der Waals surface area contributed by atoms with Gasteiger partial charge in [-0.3, -0.25) is 0 Å². The highest BCUT2D eigenvalue weighted by Gasteiger charge is 2.27. The molecule has 2 heterocycles. The molecule has 0 radical (unpaired) electrons. The maximum Gasteiger partial charge on any atom is 0.332 e. The number of carbonyl (C=O) groups excluding carboxylic acids is 1. The number of nitrogens with one attached hydrogen (secondary N) is 2. The van der Waals surface area contributed by atoms with Crippen LogP contribution in [-0.4, -0.2) is 82.8 Å². The Morgan fingerprint density at radius 2 is 1.60 bits per heavy atom. The molecule has 2 amide bonds. The second kappa shape index (κ2) is 14.4. The Labute approximate surface area is 266 Å². The Morgan fingerprint density at radius 1 is 0.911 bits per heavy atom. The molecule has 10 nitrogen and oxygen atoms in total. The van der Waals surface area contributed by atoms with Gasteiger partial charge in [-0.1, -0.05) is 32.0 Å². The molecular formula is C35H45N7O3. The molecule has 0 aliphatic carbocycles. The number of methoxy groups -OCH3 is 2. The monoisotopic (exact) mass is 611 g/mol. The molecule has 0 bridgehead atoms. The first-order valence-electron chi connectivity index (χ1n) is 15.6. The maximum absolute atomic E-state index is 14.4. The van der Waals surface area contributed by atoms with E-state index >= 15 is 0 Å². The van der Waals surface area contributed by atoms with Crippen molar-refractivity contribution in [1.82, 2.24) is 9.80 Å². The lowest BCUT2D eigenvalue weighted by Gasteiger charge is -2.35. The number of ether oxygens (including phenoxy) is 2. The molecule has 1 saturated heterocycles. The summed E-state index contributed by atoms with van der Waals surface area (Å²) in [6.45, 7) is 8.58. The number of piperazine rings is 1. The standard InChI is InChI=1S/C35H45N7O3/c1-7-25-10-9-11-26(8-2)34(25)38-35(43)42(28-14-12-27(13-15-28)41-20-18-39(3)19-21-41)33-23-32(36-24-40(33)4)37-30-17-16-29(44-5)22-31(30)45-6/h9-17,22-23H,7-8,18-21,24H2,1-6H3,(H,36,37)(H,38,43). The van der Waals surface area contributed by atoms with Crippen LogP contribution >= 0.6 is 0 Å². The van der Waals surface area contributed by atoms with Crippen LogP contribution < -0.4 is 29.9 Å². The van der Waals surface area contributed by atoms with E-state index in [0.29, 0.717) is 29.8 Å². The van der Waals surface area contributed by atoms with Crippen molar-refractivity contribution < 1.29 is 14.3 Å². The molecule has 45 heavy (non-hydrogen) atoms. The Hall–Kier alpha value is -4.70. The van der Waals surface area contributed by atoms with Crippen molar-refractivity contribution in [3.8, 4) is 11.5 Å². The number of aliphatic imine (C=N–C) groups is 1. The van der Waals surface area contributed by atoms with E-state index in [2.05, 4.69) is 71.7 Å². The van der Waals surface area contributed by atoms with Gasteiger partial charge in [0.25, 0.3) is 0 Å². The average molecular weight is 612 g/mol. The summed E-state index contributed by atoms with van der Waals surface area (Å²) in [5, 5.41) is 6.67. The van der Waals surface area contributed by atoms with Crippen LogP contribution in [0.4, 0.5) is 27.5 Å². The molecule has 2 N–H and O–H groups in total. The summed E-state index contributed by atoms with van der Waals surface area (Å²) in [4.78, 5) is 27.6. The number of hydrogen-bond donors (Lipinski definition) is 2. The topological polar surface area (TPSA) is 84.9 Å². The lowest BCUT2D eigenvalue weighted by molar-refractivity contribution is 0.255. The largest absolute Gasteiger partial charge is 0.497 e. The number of benzene rings is 3. The third kappa shape index (κ3) is 7.17. The van der Waals surface area contributed by atoms with Crippen LogP contribution in [0.3, 0.4) is 0 Å². The summed E-state index contributed by atoms with van der Waals surface area (Å²) in [7, 11) is 7.34. The Morgan fingerprint density at radius 3 is 2.22 bits per heavy atom. The zero-order valence-electron chi connectivity index (χ0n) is 27.3. The summed E-state index contributed by atoms with van der Waals surface area (Å²) in [5.74, 6) is 2.63. The van der Waals surface area contributed by atoms with E-state index in [-0.39, 0.29) is 6.03 Å². The maximum atomic E-state index is 14.4. The average Bonchev–Trinajstić information content (AvgIpc) is 3.07. The molecule has 0 unspecified atom stereocenters. The second-order valence-corrected chi connectivity index (χ2v) is 11.3. The van der Waals surface area contributed by atoms with Gasteiger partial charge < -0.3 is 34.8 Å². The number of nitrogens with zero attached hydrogens (tertiary/aromatic N) is 5. The van der Waals surface area contributed by atoms with E-state index in [0.717, 1.165) is 72.9 Å². The Kier molecular flexibility index (Phi) is 10.1. The summed E-state index contributed by atoms with van der Waals surface area (Å²) in [5.41, 5.74) is 5.75. The summed E-state index contributed by atoms with van der Waals surface area (Å²) >= 11 is 0. The van der Waals surface area contributed by atoms with Crippen molar-refractivity contribution >= 4 is 34.6 Å². The smallest absolute Gasteiger partial charge is 0.332 e. The fourth-order valence-corrected chi connectivity index (χ4v) is 5.68. The quantitative estimate of drug-likeness (QED) is 0.313. The molecule has 0 saturated carbocycles. The molecule has 10 heteroatoms. The number of amidine groups is 1. The van der Waals surface area contributed by atoms with E-state index in [1.165, 1.54) is 0 Å². The highest BCUT2D eigenvalue weighted by Crippen LogP contribution is 2.32. The minimum Gasteiger partial charge on any atom is -0.497 e. The number of aryl methyl sites for hydroxylation is 2. The third-order valence-corrected chi connectivity index (χ3v) is 8.42. The summed E-state index contributed by atoms with van der Waals surface area (Å²) in [6, 6.07) is 19.8. The van der Waals surface area contributed by atoms with Gasteiger partial charge in [-0.05, 0) is 67.4 Å². The lowest BCUT2D eigenvalue weighted by atomic mass is 10.0. The third-order valence-electron chi connectivity index (χ3n) is 8.42. The van der Waals surface area contributed by atoms with E-state index in [1.807, 2.05) is 48.4 Å². The number of likely N-dealkylation sites (N-methyl/N-ethyl adjacent to an activating group) is 1. The molecule has 0 spiro atoms. The zero-order valence-corrected chi connectivity index (χ0v) is 27.3. The predicted molar refractivity (Wildman–Crippen MR) is 184 cm³/mol. The van der Waals surface area contributed by atoms with Gasteiger partial charge in [0.2, 0.25) is 0 Å². The van der Waals surface area contributed by atoms with Crippen molar-refractivity contribution in [3.05, 3.63) is 83.7 Å². The molecule has 0 aromatic heterocycles. The first kappa shape index (κ1) is 31.7. The number of para-hydroxylation sites is 1. The van der Waals surface area contributed by atoms with Crippen molar-refractivity contribution in [2.75, 3.05) is 81.6 Å². The molecule has 3 aromatic carbocycles. The highest BCUT2D eigenvalue weighted by atomic mass is 16.5. The lowest BCUT2D eigenvalue weighted by Crippen LogP contribution is -2.44. The molecule has 2 aliphatic heterocycles. The van der Waals surface area contributed by atoms with Gasteiger partial charge in [-0.25, -0.2) is 14.7 Å². The minimum absolute atomic E-state index is 0.237. The van der Waals surface area contributed by atoms with E-state index < -0.39 is 0 Å². The summed E-state index contributed by atoms with van der Waals surface area (Å²) in [6.07, 6.45) is 3.53. The molecule has 0 atom stereocenters. The van der Waals surface area contributed by atoms with Gasteiger partial charge in [-0.2, -0.15) is 0 Å². The number of amides is 2. The number of carbonyl (C=O) groups is 1. The molecular weight excluding hydrogens is 566 g/mol. The van der Waals surface area contributed by atoms with Crippen molar-refractivity contribution in [1.29, 1.82) is 0 Å². The SMILES string of the molecule is CCc1cccc(CC)c1NC(=O)N(C1=CC(Nc2ccc(OC)cc2OC)=NCN1C)c1ccc(N2CCN(C)CC2)cc1. The molecule has 5 rings (SSSR count). The van der Waals surface area contributed by atoms with Crippen LogP contribution in [0.1, 0.15) is 25.0 Å². The van der Waals surface area contributed by atoms with Gasteiger partial charge in [-0.15, -0.1) is 0 Å². The molecule has 1 fully saturated rings. The summed E-state index contributed by atoms with van der Waals surface area (Å²) < 4.78 is 11.0. The van der Waals surface area contributed by atoms with Crippen LogP contribution in [0, 0.1) is 0 Å². The van der Waals surface area contributed by atoms with Gasteiger partial charge in [0.05, 0.1) is 25.6 Å². The van der Waals surface area contributed by atoms with Gasteiger partial charge >= 0.3 is 6.03 Å².